The van der Waals surface area contributed by atoms with Gasteiger partial charge in [0.15, 0.2) is 0 Å². The SMILES string of the molecule is CC(C)(C)NCc1ccc(CCn2ccc(OCc3ccc(Cl)cn3)cc2=O)cc1. The van der Waals surface area contributed by atoms with Gasteiger partial charge in [0.2, 0.25) is 0 Å². The zero-order chi connectivity index (χ0) is 21.6. The summed E-state index contributed by atoms with van der Waals surface area (Å²) < 4.78 is 7.36. The molecule has 2 heterocycles. The highest BCUT2D eigenvalue weighted by Crippen LogP contribution is 2.12. The molecular weight excluding hydrogens is 398 g/mol. The van der Waals surface area contributed by atoms with Gasteiger partial charge in [-0.05, 0) is 56.5 Å². The van der Waals surface area contributed by atoms with Crippen LogP contribution in [0.5, 0.6) is 5.75 Å². The number of hydrogen-bond donors (Lipinski definition) is 1. The van der Waals surface area contributed by atoms with Crippen LogP contribution in [-0.2, 0) is 26.1 Å². The summed E-state index contributed by atoms with van der Waals surface area (Å²) in [7, 11) is 0. The molecule has 3 rings (SSSR count). The van der Waals surface area contributed by atoms with Gasteiger partial charge in [0.1, 0.15) is 12.4 Å². The summed E-state index contributed by atoms with van der Waals surface area (Å²) in [5.41, 5.74) is 3.23. The van der Waals surface area contributed by atoms with Crippen molar-refractivity contribution in [1.82, 2.24) is 14.9 Å². The van der Waals surface area contributed by atoms with Crippen molar-refractivity contribution in [3.63, 3.8) is 0 Å². The Balaban J connectivity index is 1.52. The largest absolute Gasteiger partial charge is 0.487 e. The monoisotopic (exact) mass is 425 g/mol. The normalized spacial score (nSPS) is 11.5. The lowest BCUT2D eigenvalue weighted by Crippen LogP contribution is -2.35. The van der Waals surface area contributed by atoms with Crippen molar-refractivity contribution < 1.29 is 4.74 Å². The fraction of sp³-hybridized carbons (Fsp3) is 0.333. The lowest BCUT2D eigenvalue weighted by Gasteiger charge is -2.20. The van der Waals surface area contributed by atoms with E-state index in [1.165, 1.54) is 17.2 Å². The Hall–Kier alpha value is -2.63. The van der Waals surface area contributed by atoms with Crippen molar-refractivity contribution in [2.45, 2.75) is 52.4 Å². The topological polar surface area (TPSA) is 56.1 Å². The van der Waals surface area contributed by atoms with E-state index in [-0.39, 0.29) is 17.7 Å². The Morgan fingerprint density at radius 2 is 1.80 bits per heavy atom. The molecule has 5 nitrogen and oxygen atoms in total. The highest BCUT2D eigenvalue weighted by molar-refractivity contribution is 6.30. The van der Waals surface area contributed by atoms with Crippen LogP contribution >= 0.6 is 11.6 Å². The van der Waals surface area contributed by atoms with Gasteiger partial charge in [-0.25, -0.2) is 0 Å². The number of halogens is 1. The van der Waals surface area contributed by atoms with E-state index in [0.29, 0.717) is 17.3 Å². The number of pyridine rings is 2. The number of nitrogens with one attached hydrogen (secondary N) is 1. The maximum absolute atomic E-state index is 12.4. The minimum Gasteiger partial charge on any atom is -0.487 e. The second-order valence-electron chi connectivity index (χ2n) is 8.32. The summed E-state index contributed by atoms with van der Waals surface area (Å²) in [6.45, 7) is 8.22. The summed E-state index contributed by atoms with van der Waals surface area (Å²) in [6, 6.07) is 15.4. The first-order valence-corrected chi connectivity index (χ1v) is 10.4. The van der Waals surface area contributed by atoms with Gasteiger partial charge >= 0.3 is 0 Å². The molecule has 0 unspecified atom stereocenters. The van der Waals surface area contributed by atoms with E-state index in [2.05, 4.69) is 55.3 Å². The van der Waals surface area contributed by atoms with E-state index in [4.69, 9.17) is 16.3 Å². The molecule has 0 spiro atoms. The van der Waals surface area contributed by atoms with Gasteiger partial charge in [0.25, 0.3) is 5.56 Å². The first kappa shape index (κ1) is 22.1. The van der Waals surface area contributed by atoms with E-state index >= 15 is 0 Å². The quantitative estimate of drug-likeness (QED) is 0.572. The highest BCUT2D eigenvalue weighted by Gasteiger charge is 2.08. The van der Waals surface area contributed by atoms with E-state index in [9.17, 15) is 4.79 Å². The van der Waals surface area contributed by atoms with Crippen LogP contribution in [0.1, 0.15) is 37.6 Å². The zero-order valence-electron chi connectivity index (χ0n) is 17.7. The van der Waals surface area contributed by atoms with Gasteiger partial charge in [0.05, 0.1) is 10.7 Å². The fourth-order valence-electron chi connectivity index (χ4n) is 2.85. The molecule has 0 fully saturated rings. The number of aryl methyl sites for hydroxylation is 2. The molecular formula is C24H28ClN3O2. The Bertz CT molecular complexity index is 1010. The summed E-state index contributed by atoms with van der Waals surface area (Å²) in [6.07, 6.45) is 4.14. The highest BCUT2D eigenvalue weighted by atomic mass is 35.5. The average molecular weight is 426 g/mol. The standard InChI is InChI=1S/C24H28ClN3O2/c1-24(2,3)27-15-19-6-4-18(5-7-19)10-12-28-13-11-22(14-23(28)29)30-17-21-9-8-20(25)16-26-21/h4-9,11,13-14,16,27H,10,12,15,17H2,1-3H3. The zero-order valence-corrected chi connectivity index (χ0v) is 18.4. The molecule has 0 aliphatic carbocycles. The van der Waals surface area contributed by atoms with Crippen LogP contribution in [0.2, 0.25) is 5.02 Å². The second kappa shape index (κ2) is 9.92. The van der Waals surface area contributed by atoms with Crippen molar-refractivity contribution >= 4 is 11.6 Å². The Morgan fingerprint density at radius 3 is 2.43 bits per heavy atom. The summed E-state index contributed by atoms with van der Waals surface area (Å²) >= 11 is 5.83. The molecule has 0 aliphatic rings. The first-order valence-electron chi connectivity index (χ1n) is 10.1. The molecule has 0 saturated heterocycles. The molecule has 0 bridgehead atoms. The third-order valence-corrected chi connectivity index (χ3v) is 4.85. The van der Waals surface area contributed by atoms with Crippen LogP contribution in [0.3, 0.4) is 0 Å². The number of nitrogens with zero attached hydrogens (tertiary/aromatic N) is 2. The molecule has 0 aliphatic heterocycles. The van der Waals surface area contributed by atoms with Gasteiger partial charge < -0.3 is 14.6 Å². The summed E-state index contributed by atoms with van der Waals surface area (Å²) in [5, 5.41) is 4.07. The molecule has 0 amide bonds. The number of hydrogen-bond acceptors (Lipinski definition) is 4. The van der Waals surface area contributed by atoms with Crippen LogP contribution in [0.4, 0.5) is 0 Å². The molecule has 158 valence electrons. The molecule has 0 radical (unpaired) electrons. The fourth-order valence-corrected chi connectivity index (χ4v) is 2.97. The van der Waals surface area contributed by atoms with Crippen molar-refractivity contribution in [2.24, 2.45) is 0 Å². The Labute approximate surface area is 182 Å². The molecule has 1 aromatic carbocycles. The van der Waals surface area contributed by atoms with Crippen LogP contribution in [0.15, 0.2) is 65.7 Å². The smallest absolute Gasteiger partial charge is 0.254 e. The van der Waals surface area contributed by atoms with E-state index < -0.39 is 0 Å². The van der Waals surface area contributed by atoms with Crippen LogP contribution in [0, 0.1) is 0 Å². The molecule has 6 heteroatoms. The molecule has 2 aromatic heterocycles. The molecule has 0 saturated carbocycles. The maximum Gasteiger partial charge on any atom is 0.254 e. The molecule has 3 aromatic rings. The number of aromatic nitrogens is 2. The van der Waals surface area contributed by atoms with E-state index in [1.54, 1.807) is 35.2 Å². The minimum atomic E-state index is -0.0810. The van der Waals surface area contributed by atoms with Gasteiger partial charge in [-0.3, -0.25) is 9.78 Å². The van der Waals surface area contributed by atoms with Gasteiger partial charge in [-0.2, -0.15) is 0 Å². The number of rotatable bonds is 8. The van der Waals surface area contributed by atoms with Crippen LogP contribution in [0.25, 0.3) is 0 Å². The van der Waals surface area contributed by atoms with Crippen LogP contribution in [-0.4, -0.2) is 15.1 Å². The summed E-state index contributed by atoms with van der Waals surface area (Å²) in [4.78, 5) is 16.6. The predicted molar refractivity (Wildman–Crippen MR) is 121 cm³/mol. The van der Waals surface area contributed by atoms with Gasteiger partial charge in [-0.1, -0.05) is 35.9 Å². The summed E-state index contributed by atoms with van der Waals surface area (Å²) in [5.74, 6) is 0.531. The Morgan fingerprint density at radius 1 is 1.07 bits per heavy atom. The van der Waals surface area contributed by atoms with Crippen molar-refractivity contribution in [2.75, 3.05) is 0 Å². The third-order valence-electron chi connectivity index (χ3n) is 4.63. The minimum absolute atomic E-state index is 0.0810. The molecule has 0 atom stereocenters. The first-order chi connectivity index (χ1) is 14.3. The van der Waals surface area contributed by atoms with Crippen molar-refractivity contribution in [3.05, 3.63) is 93.1 Å². The molecule has 1 N–H and O–H groups in total. The average Bonchev–Trinajstić information content (AvgIpc) is 2.71. The lowest BCUT2D eigenvalue weighted by atomic mass is 10.1. The Kier molecular flexibility index (Phi) is 7.29. The lowest BCUT2D eigenvalue weighted by molar-refractivity contribution is 0.300. The van der Waals surface area contributed by atoms with Gasteiger partial charge in [-0.15, -0.1) is 0 Å². The number of benzene rings is 1. The molecule has 30 heavy (non-hydrogen) atoms. The van der Waals surface area contributed by atoms with Crippen molar-refractivity contribution in [3.8, 4) is 5.75 Å². The van der Waals surface area contributed by atoms with Crippen molar-refractivity contribution in [1.29, 1.82) is 0 Å². The van der Waals surface area contributed by atoms with Gasteiger partial charge in [0, 0.05) is 37.1 Å². The van der Waals surface area contributed by atoms with E-state index in [1.807, 2.05) is 0 Å². The second-order valence-corrected chi connectivity index (χ2v) is 8.76. The third kappa shape index (κ3) is 7.01. The number of ether oxygens (including phenoxy) is 1. The maximum atomic E-state index is 12.4. The van der Waals surface area contributed by atoms with E-state index in [0.717, 1.165) is 18.7 Å². The predicted octanol–water partition coefficient (Wildman–Crippen LogP) is 4.61. The van der Waals surface area contributed by atoms with Crippen LogP contribution < -0.4 is 15.6 Å².